The lowest BCUT2D eigenvalue weighted by Gasteiger charge is -2.13. The van der Waals surface area contributed by atoms with Crippen molar-refractivity contribution in [2.24, 2.45) is 0 Å². The van der Waals surface area contributed by atoms with Gasteiger partial charge < -0.3 is 10.1 Å². The van der Waals surface area contributed by atoms with Crippen molar-refractivity contribution in [2.45, 2.75) is 39.2 Å². The second kappa shape index (κ2) is 8.58. The average molecular weight is 197 g/mol. The van der Waals surface area contributed by atoms with Crippen LogP contribution in [0.3, 0.4) is 0 Å². The first-order valence-electron chi connectivity index (χ1n) is 5.05. The number of amides is 1. The maximum absolute atomic E-state index is 11.3. The Bertz CT molecular complexity index is 196. The van der Waals surface area contributed by atoms with Crippen molar-refractivity contribution in [1.29, 1.82) is 0 Å². The molecule has 0 aromatic heterocycles. The van der Waals surface area contributed by atoms with Crippen molar-refractivity contribution in [3.05, 3.63) is 0 Å². The summed E-state index contributed by atoms with van der Waals surface area (Å²) in [5.74, 6) is 2.56. The molecule has 0 fully saturated rings. The average Bonchev–Trinajstić information content (AvgIpc) is 2.17. The molecule has 80 valence electrons. The third kappa shape index (κ3) is 6.50. The Morgan fingerprint density at radius 2 is 2.29 bits per heavy atom. The first kappa shape index (κ1) is 13.0. The Labute approximate surface area is 86.2 Å². The summed E-state index contributed by atoms with van der Waals surface area (Å²) < 4.78 is 5.08. The largest absolute Gasteiger partial charge is 0.381 e. The van der Waals surface area contributed by atoms with Crippen molar-refractivity contribution in [2.75, 3.05) is 13.2 Å². The van der Waals surface area contributed by atoms with Gasteiger partial charge >= 0.3 is 0 Å². The molecular formula is C11H19NO2. The highest BCUT2D eigenvalue weighted by atomic mass is 16.5. The molecule has 0 aromatic rings. The highest BCUT2D eigenvalue weighted by Crippen LogP contribution is 1.96. The lowest BCUT2D eigenvalue weighted by molar-refractivity contribution is -0.122. The maximum Gasteiger partial charge on any atom is 0.222 e. The van der Waals surface area contributed by atoms with Gasteiger partial charge in [-0.05, 0) is 13.3 Å². The molecular weight excluding hydrogens is 178 g/mol. The summed E-state index contributed by atoms with van der Waals surface area (Å²) in [6, 6.07) is 0.106. The molecule has 0 aliphatic rings. The molecule has 1 amide bonds. The summed E-state index contributed by atoms with van der Waals surface area (Å²) in [7, 11) is 0. The molecule has 3 nitrogen and oxygen atoms in total. The lowest BCUT2D eigenvalue weighted by Crippen LogP contribution is -2.34. The number of ether oxygens (including phenoxy) is 1. The molecule has 1 N–H and O–H groups in total. The van der Waals surface area contributed by atoms with E-state index in [1.165, 1.54) is 0 Å². The number of terminal acetylenes is 1. The van der Waals surface area contributed by atoms with E-state index in [9.17, 15) is 4.79 Å². The zero-order valence-corrected chi connectivity index (χ0v) is 9.01. The van der Waals surface area contributed by atoms with Crippen molar-refractivity contribution < 1.29 is 9.53 Å². The van der Waals surface area contributed by atoms with E-state index in [1.807, 2.05) is 13.8 Å². The minimum Gasteiger partial charge on any atom is -0.381 e. The molecule has 0 aliphatic carbocycles. The Morgan fingerprint density at radius 3 is 2.79 bits per heavy atom. The number of carbonyl (C=O) groups excluding carboxylic acids is 1. The van der Waals surface area contributed by atoms with E-state index in [0.29, 0.717) is 26.1 Å². The molecule has 0 bridgehead atoms. The standard InChI is InChI=1S/C11H19NO2/c1-4-7-10(5-2)12-11(13)8-9-14-6-3/h1,10H,5-9H2,2-3H3,(H,12,13). The predicted octanol–water partition coefficient (Wildman–Crippen LogP) is 1.33. The van der Waals surface area contributed by atoms with Gasteiger partial charge in [0.25, 0.3) is 0 Å². The number of carbonyl (C=O) groups is 1. The summed E-state index contributed by atoms with van der Waals surface area (Å²) >= 11 is 0. The second-order valence-electron chi connectivity index (χ2n) is 3.03. The monoisotopic (exact) mass is 197 g/mol. The highest BCUT2D eigenvalue weighted by molar-refractivity contribution is 5.76. The van der Waals surface area contributed by atoms with Gasteiger partial charge in [0.05, 0.1) is 6.61 Å². The summed E-state index contributed by atoms with van der Waals surface area (Å²) in [5.41, 5.74) is 0. The van der Waals surface area contributed by atoms with E-state index < -0.39 is 0 Å². The molecule has 1 atom stereocenters. The Kier molecular flexibility index (Phi) is 7.96. The van der Waals surface area contributed by atoms with Crippen LogP contribution in [0.5, 0.6) is 0 Å². The minimum absolute atomic E-state index is 0.0144. The van der Waals surface area contributed by atoms with Crippen LogP contribution in [0.25, 0.3) is 0 Å². The van der Waals surface area contributed by atoms with Gasteiger partial charge in [-0.3, -0.25) is 4.79 Å². The van der Waals surface area contributed by atoms with Gasteiger partial charge in [-0.1, -0.05) is 6.92 Å². The van der Waals surface area contributed by atoms with E-state index in [-0.39, 0.29) is 11.9 Å². The van der Waals surface area contributed by atoms with Gasteiger partial charge in [0.2, 0.25) is 5.91 Å². The zero-order chi connectivity index (χ0) is 10.8. The van der Waals surface area contributed by atoms with Crippen LogP contribution in [-0.2, 0) is 9.53 Å². The molecule has 0 saturated carbocycles. The molecule has 0 saturated heterocycles. The second-order valence-corrected chi connectivity index (χ2v) is 3.03. The molecule has 14 heavy (non-hydrogen) atoms. The summed E-state index contributed by atoms with van der Waals surface area (Å²) in [5, 5.41) is 2.87. The van der Waals surface area contributed by atoms with Crippen LogP contribution in [-0.4, -0.2) is 25.2 Å². The SMILES string of the molecule is C#CCC(CC)NC(=O)CCOCC. The van der Waals surface area contributed by atoms with Crippen LogP contribution in [0.2, 0.25) is 0 Å². The van der Waals surface area contributed by atoms with Crippen LogP contribution in [0, 0.1) is 12.3 Å². The Morgan fingerprint density at radius 1 is 1.57 bits per heavy atom. The van der Waals surface area contributed by atoms with E-state index in [4.69, 9.17) is 11.2 Å². The Balaban J connectivity index is 3.63. The van der Waals surface area contributed by atoms with E-state index >= 15 is 0 Å². The van der Waals surface area contributed by atoms with Gasteiger partial charge in [0, 0.05) is 25.5 Å². The van der Waals surface area contributed by atoms with Gasteiger partial charge in [-0.15, -0.1) is 12.3 Å². The zero-order valence-electron chi connectivity index (χ0n) is 9.01. The summed E-state index contributed by atoms with van der Waals surface area (Å²) in [4.78, 5) is 11.3. The highest BCUT2D eigenvalue weighted by Gasteiger charge is 2.08. The van der Waals surface area contributed by atoms with Crippen LogP contribution in [0.1, 0.15) is 33.1 Å². The lowest BCUT2D eigenvalue weighted by atomic mass is 10.1. The number of rotatable bonds is 7. The van der Waals surface area contributed by atoms with Gasteiger partial charge in [-0.25, -0.2) is 0 Å². The molecule has 0 radical (unpaired) electrons. The maximum atomic E-state index is 11.3. The molecule has 0 heterocycles. The quantitative estimate of drug-likeness (QED) is 0.494. The smallest absolute Gasteiger partial charge is 0.222 e. The number of hydrogen-bond donors (Lipinski definition) is 1. The molecule has 0 aliphatic heterocycles. The fraction of sp³-hybridized carbons (Fsp3) is 0.727. The normalized spacial score (nSPS) is 11.8. The third-order valence-corrected chi connectivity index (χ3v) is 1.90. The van der Waals surface area contributed by atoms with Gasteiger partial charge in [0.1, 0.15) is 0 Å². The van der Waals surface area contributed by atoms with Crippen LogP contribution < -0.4 is 5.32 Å². The fourth-order valence-electron chi connectivity index (χ4n) is 1.05. The van der Waals surface area contributed by atoms with Crippen molar-refractivity contribution in [3.63, 3.8) is 0 Å². The molecule has 0 spiro atoms. The van der Waals surface area contributed by atoms with E-state index in [0.717, 1.165) is 6.42 Å². The van der Waals surface area contributed by atoms with Gasteiger partial charge in [-0.2, -0.15) is 0 Å². The predicted molar refractivity (Wildman–Crippen MR) is 56.8 cm³/mol. The third-order valence-electron chi connectivity index (χ3n) is 1.90. The van der Waals surface area contributed by atoms with Gasteiger partial charge in [0.15, 0.2) is 0 Å². The summed E-state index contributed by atoms with van der Waals surface area (Å²) in [6.45, 7) is 5.04. The van der Waals surface area contributed by atoms with Crippen molar-refractivity contribution in [3.8, 4) is 12.3 Å². The number of nitrogens with one attached hydrogen (secondary N) is 1. The first-order valence-corrected chi connectivity index (χ1v) is 5.05. The fourth-order valence-corrected chi connectivity index (χ4v) is 1.05. The summed E-state index contributed by atoms with van der Waals surface area (Å²) in [6.07, 6.45) is 7.05. The van der Waals surface area contributed by atoms with Crippen LogP contribution >= 0.6 is 0 Å². The molecule has 1 unspecified atom stereocenters. The molecule has 3 heteroatoms. The number of hydrogen-bond acceptors (Lipinski definition) is 2. The van der Waals surface area contributed by atoms with E-state index in [2.05, 4.69) is 11.2 Å². The topological polar surface area (TPSA) is 38.3 Å². The van der Waals surface area contributed by atoms with Crippen molar-refractivity contribution >= 4 is 5.91 Å². The first-order chi connectivity index (χ1) is 6.74. The molecule has 0 rings (SSSR count). The van der Waals surface area contributed by atoms with Crippen molar-refractivity contribution in [1.82, 2.24) is 5.32 Å². The van der Waals surface area contributed by atoms with Crippen LogP contribution in [0.4, 0.5) is 0 Å². The van der Waals surface area contributed by atoms with E-state index in [1.54, 1.807) is 0 Å². The Hall–Kier alpha value is -1.01. The van der Waals surface area contributed by atoms with Crippen LogP contribution in [0.15, 0.2) is 0 Å². The molecule has 0 aromatic carbocycles. The minimum atomic E-state index is 0.0144.